The number of carbonyl (C=O) groups excluding carboxylic acids is 1. The summed E-state index contributed by atoms with van der Waals surface area (Å²) >= 11 is 0. The minimum atomic E-state index is -0.580. The normalized spacial score (nSPS) is 21.8. The molecule has 21 heavy (non-hydrogen) atoms. The second kappa shape index (κ2) is 6.56. The largest absolute Gasteiger partial charge is 0.376 e. The highest BCUT2D eigenvalue weighted by molar-refractivity contribution is 5.94. The van der Waals surface area contributed by atoms with Crippen LogP contribution in [0.2, 0.25) is 0 Å². The molecule has 6 nitrogen and oxygen atoms in total. The average molecular weight is 291 g/mol. The van der Waals surface area contributed by atoms with Crippen LogP contribution in [-0.2, 0) is 0 Å². The number of nitrogens with one attached hydrogen (secondary N) is 1. The van der Waals surface area contributed by atoms with Gasteiger partial charge < -0.3 is 11.1 Å². The molecule has 6 heteroatoms. The van der Waals surface area contributed by atoms with Crippen LogP contribution in [0.25, 0.3) is 0 Å². The van der Waals surface area contributed by atoms with E-state index in [1.807, 2.05) is 0 Å². The average Bonchev–Trinajstić information content (AvgIpc) is 2.47. The molecule has 3 N–H and O–H groups in total. The Balaban J connectivity index is 2.29. The number of nitro benzene ring substituents is 1. The van der Waals surface area contributed by atoms with E-state index in [9.17, 15) is 14.9 Å². The Morgan fingerprint density at radius 2 is 2.14 bits per heavy atom. The molecular formula is C15H21N3O3. The van der Waals surface area contributed by atoms with E-state index in [0.29, 0.717) is 11.6 Å². The first kappa shape index (κ1) is 15.3. The third kappa shape index (κ3) is 3.51. The Morgan fingerprint density at radius 3 is 2.76 bits per heavy atom. The van der Waals surface area contributed by atoms with Gasteiger partial charge in [0.25, 0.3) is 5.69 Å². The minimum Gasteiger partial charge on any atom is -0.376 e. The standard InChI is InChI=1S/C15H21N3O3/c1-2-10-5-3-4-6-12(10)17-13-9-11(15(16)19)7-8-14(13)18(20)21/h7-10,12,17H,2-6H2,1H3,(H2,16,19). The Bertz CT molecular complexity index is 545. The summed E-state index contributed by atoms with van der Waals surface area (Å²) in [5.41, 5.74) is 5.92. The zero-order valence-electron chi connectivity index (χ0n) is 12.2. The fourth-order valence-electron chi connectivity index (χ4n) is 3.05. The Kier molecular flexibility index (Phi) is 4.77. The molecule has 1 aliphatic rings. The molecule has 0 bridgehead atoms. The lowest BCUT2D eigenvalue weighted by molar-refractivity contribution is -0.384. The van der Waals surface area contributed by atoms with E-state index in [-0.39, 0.29) is 17.3 Å². The summed E-state index contributed by atoms with van der Waals surface area (Å²) in [6.07, 6.45) is 5.51. The van der Waals surface area contributed by atoms with Crippen molar-refractivity contribution in [3.63, 3.8) is 0 Å². The zero-order valence-corrected chi connectivity index (χ0v) is 12.2. The van der Waals surface area contributed by atoms with Gasteiger partial charge in [0.15, 0.2) is 0 Å². The Labute approximate surface area is 123 Å². The lowest BCUT2D eigenvalue weighted by atomic mass is 9.82. The van der Waals surface area contributed by atoms with Gasteiger partial charge in [-0.2, -0.15) is 0 Å². The smallest absolute Gasteiger partial charge is 0.292 e. The van der Waals surface area contributed by atoms with Crippen molar-refractivity contribution in [1.29, 1.82) is 0 Å². The number of anilines is 1. The van der Waals surface area contributed by atoms with Gasteiger partial charge >= 0.3 is 0 Å². The second-order valence-electron chi connectivity index (χ2n) is 5.56. The molecular weight excluding hydrogens is 270 g/mol. The minimum absolute atomic E-state index is 0.0135. The molecule has 0 aliphatic heterocycles. The third-order valence-electron chi connectivity index (χ3n) is 4.25. The van der Waals surface area contributed by atoms with E-state index in [1.165, 1.54) is 24.6 Å². The molecule has 2 atom stereocenters. The van der Waals surface area contributed by atoms with E-state index >= 15 is 0 Å². The van der Waals surface area contributed by atoms with Crippen molar-refractivity contribution in [3.05, 3.63) is 33.9 Å². The van der Waals surface area contributed by atoms with E-state index in [4.69, 9.17) is 5.73 Å². The molecule has 1 aliphatic carbocycles. The molecule has 1 amide bonds. The highest BCUT2D eigenvalue weighted by atomic mass is 16.6. The number of hydrogen-bond donors (Lipinski definition) is 2. The van der Waals surface area contributed by atoms with Gasteiger partial charge in [0, 0.05) is 17.7 Å². The van der Waals surface area contributed by atoms with Crippen molar-refractivity contribution >= 4 is 17.3 Å². The molecule has 1 fully saturated rings. The number of hydrogen-bond acceptors (Lipinski definition) is 4. The number of nitrogens with two attached hydrogens (primary N) is 1. The fraction of sp³-hybridized carbons (Fsp3) is 0.533. The number of nitrogens with zero attached hydrogens (tertiary/aromatic N) is 1. The first-order valence-corrected chi connectivity index (χ1v) is 7.37. The maximum atomic E-state index is 11.3. The van der Waals surface area contributed by atoms with Crippen LogP contribution in [0.3, 0.4) is 0 Å². The highest BCUT2D eigenvalue weighted by Gasteiger charge is 2.26. The Morgan fingerprint density at radius 1 is 1.43 bits per heavy atom. The quantitative estimate of drug-likeness (QED) is 0.643. The van der Waals surface area contributed by atoms with E-state index < -0.39 is 10.8 Å². The molecule has 1 aromatic carbocycles. The third-order valence-corrected chi connectivity index (χ3v) is 4.25. The fourth-order valence-corrected chi connectivity index (χ4v) is 3.05. The molecule has 0 spiro atoms. The van der Waals surface area contributed by atoms with Gasteiger partial charge in [0.2, 0.25) is 5.91 Å². The summed E-state index contributed by atoms with van der Waals surface area (Å²) in [7, 11) is 0. The highest BCUT2D eigenvalue weighted by Crippen LogP contribution is 2.33. The maximum absolute atomic E-state index is 11.3. The van der Waals surface area contributed by atoms with Crippen LogP contribution in [0.5, 0.6) is 0 Å². The predicted octanol–water partition coefficient (Wildman–Crippen LogP) is 3.07. The summed E-state index contributed by atoms with van der Waals surface area (Å²) in [5.74, 6) is -0.0702. The lowest BCUT2D eigenvalue weighted by Crippen LogP contribution is -2.32. The number of benzene rings is 1. The van der Waals surface area contributed by atoms with Gasteiger partial charge in [-0.3, -0.25) is 14.9 Å². The topological polar surface area (TPSA) is 98.3 Å². The van der Waals surface area contributed by atoms with Crippen molar-refractivity contribution in [2.45, 2.75) is 45.1 Å². The van der Waals surface area contributed by atoms with Crippen LogP contribution in [-0.4, -0.2) is 16.9 Å². The van der Waals surface area contributed by atoms with Gasteiger partial charge in [-0.05, 0) is 30.9 Å². The van der Waals surface area contributed by atoms with Crippen molar-refractivity contribution < 1.29 is 9.72 Å². The summed E-state index contributed by atoms with van der Waals surface area (Å²) in [6, 6.07) is 4.43. The molecule has 1 aromatic rings. The van der Waals surface area contributed by atoms with Crippen LogP contribution < -0.4 is 11.1 Å². The van der Waals surface area contributed by atoms with Crippen molar-refractivity contribution in [3.8, 4) is 0 Å². The van der Waals surface area contributed by atoms with Gasteiger partial charge in [0.1, 0.15) is 5.69 Å². The molecule has 0 heterocycles. The first-order valence-electron chi connectivity index (χ1n) is 7.37. The molecule has 0 radical (unpaired) electrons. The number of amides is 1. The van der Waals surface area contributed by atoms with Crippen LogP contribution >= 0.6 is 0 Å². The van der Waals surface area contributed by atoms with E-state index in [0.717, 1.165) is 25.7 Å². The first-order chi connectivity index (χ1) is 10.0. The zero-order chi connectivity index (χ0) is 15.4. The van der Waals surface area contributed by atoms with Crippen molar-refractivity contribution in [1.82, 2.24) is 0 Å². The summed E-state index contributed by atoms with van der Waals surface area (Å²) in [6.45, 7) is 2.14. The van der Waals surface area contributed by atoms with Crippen LogP contribution in [0.1, 0.15) is 49.4 Å². The molecule has 2 unspecified atom stereocenters. The van der Waals surface area contributed by atoms with Crippen LogP contribution in [0.15, 0.2) is 18.2 Å². The molecule has 0 aromatic heterocycles. The second-order valence-corrected chi connectivity index (χ2v) is 5.56. The molecule has 114 valence electrons. The summed E-state index contributed by atoms with van der Waals surface area (Å²) in [4.78, 5) is 22.0. The van der Waals surface area contributed by atoms with E-state index in [1.54, 1.807) is 0 Å². The van der Waals surface area contributed by atoms with Gasteiger partial charge in [0.05, 0.1) is 4.92 Å². The number of primary amides is 1. The molecule has 1 saturated carbocycles. The lowest BCUT2D eigenvalue weighted by Gasteiger charge is -2.32. The van der Waals surface area contributed by atoms with Gasteiger partial charge in [-0.25, -0.2) is 0 Å². The number of rotatable bonds is 5. The van der Waals surface area contributed by atoms with Gasteiger partial charge in [-0.15, -0.1) is 0 Å². The van der Waals surface area contributed by atoms with Gasteiger partial charge in [-0.1, -0.05) is 26.2 Å². The van der Waals surface area contributed by atoms with Crippen molar-refractivity contribution in [2.75, 3.05) is 5.32 Å². The predicted molar refractivity (Wildman–Crippen MR) is 81.3 cm³/mol. The SMILES string of the molecule is CCC1CCCCC1Nc1cc(C(N)=O)ccc1[N+](=O)[O-]. The van der Waals surface area contributed by atoms with Crippen molar-refractivity contribution in [2.24, 2.45) is 11.7 Å². The maximum Gasteiger partial charge on any atom is 0.292 e. The monoisotopic (exact) mass is 291 g/mol. The van der Waals surface area contributed by atoms with Crippen LogP contribution in [0.4, 0.5) is 11.4 Å². The molecule has 0 saturated heterocycles. The Hall–Kier alpha value is -2.11. The van der Waals surface area contributed by atoms with Crippen LogP contribution in [0, 0.1) is 16.0 Å². The van der Waals surface area contributed by atoms with E-state index in [2.05, 4.69) is 12.2 Å². The number of carbonyl (C=O) groups is 1. The molecule has 2 rings (SSSR count). The summed E-state index contributed by atoms with van der Waals surface area (Å²) < 4.78 is 0. The number of nitro groups is 1. The summed E-state index contributed by atoms with van der Waals surface area (Å²) in [5, 5.41) is 14.4.